The molecule has 0 aliphatic heterocycles. The van der Waals surface area contributed by atoms with Gasteiger partial charge in [-0.05, 0) is 19.2 Å². The molecule has 1 aromatic heterocycles. The predicted octanol–water partition coefficient (Wildman–Crippen LogP) is 2.44. The first-order valence-electron chi connectivity index (χ1n) is 5.05. The zero-order valence-electron chi connectivity index (χ0n) is 9.21. The molecule has 17 heavy (non-hydrogen) atoms. The van der Waals surface area contributed by atoms with E-state index in [1.165, 1.54) is 12.1 Å². The number of hydrogen-bond donors (Lipinski definition) is 1. The van der Waals surface area contributed by atoms with E-state index < -0.39 is 4.92 Å². The average molecular weight is 249 g/mol. The van der Waals surface area contributed by atoms with Gasteiger partial charge in [-0.1, -0.05) is 0 Å². The highest BCUT2D eigenvalue weighted by Crippen LogP contribution is 2.26. The predicted molar refractivity (Wildman–Crippen MR) is 67.0 cm³/mol. The second kappa shape index (κ2) is 5.03. The van der Waals surface area contributed by atoms with E-state index >= 15 is 0 Å². The van der Waals surface area contributed by atoms with Gasteiger partial charge in [0.15, 0.2) is 0 Å². The van der Waals surface area contributed by atoms with Crippen molar-refractivity contribution in [3.63, 3.8) is 0 Å². The van der Waals surface area contributed by atoms with Gasteiger partial charge in [0.25, 0.3) is 5.69 Å². The number of nitro groups is 1. The Balaban J connectivity index is 2.23. The molecule has 2 rings (SSSR count). The third-order valence-corrected chi connectivity index (χ3v) is 3.28. The molecular weight excluding hydrogens is 238 g/mol. The molecule has 0 saturated carbocycles. The minimum atomic E-state index is -0.405. The van der Waals surface area contributed by atoms with Gasteiger partial charge in [0, 0.05) is 35.3 Å². The van der Waals surface area contributed by atoms with Gasteiger partial charge in [-0.2, -0.15) is 0 Å². The van der Waals surface area contributed by atoms with E-state index in [9.17, 15) is 10.1 Å². The maximum absolute atomic E-state index is 10.5. The smallest absolute Gasteiger partial charge is 0.269 e. The molecule has 0 bridgehead atoms. The molecule has 0 saturated heterocycles. The molecule has 5 nitrogen and oxygen atoms in total. The largest absolute Gasteiger partial charge is 0.315 e. The number of thiazole rings is 1. The Morgan fingerprint density at radius 2 is 2.12 bits per heavy atom. The molecule has 0 radical (unpaired) electrons. The van der Waals surface area contributed by atoms with Crippen LogP contribution in [0.1, 0.15) is 4.88 Å². The first kappa shape index (κ1) is 11.7. The Kier molecular flexibility index (Phi) is 3.46. The maximum Gasteiger partial charge on any atom is 0.269 e. The van der Waals surface area contributed by atoms with Crippen molar-refractivity contribution in [2.24, 2.45) is 0 Å². The quantitative estimate of drug-likeness (QED) is 0.667. The number of benzene rings is 1. The topological polar surface area (TPSA) is 68.1 Å². The van der Waals surface area contributed by atoms with Crippen molar-refractivity contribution in [2.75, 3.05) is 7.05 Å². The molecule has 1 aromatic carbocycles. The van der Waals surface area contributed by atoms with Crippen molar-refractivity contribution in [1.82, 2.24) is 10.3 Å². The summed E-state index contributed by atoms with van der Waals surface area (Å²) in [6.07, 6.45) is 1.82. The molecule has 0 amide bonds. The lowest BCUT2D eigenvalue weighted by Crippen LogP contribution is -2.02. The number of nitrogens with zero attached hydrogens (tertiary/aromatic N) is 2. The van der Waals surface area contributed by atoms with Crippen LogP contribution in [0.5, 0.6) is 0 Å². The van der Waals surface area contributed by atoms with Crippen LogP contribution in [0.15, 0.2) is 30.5 Å². The molecule has 1 heterocycles. The fourth-order valence-corrected chi connectivity index (χ4v) is 2.35. The second-order valence-electron chi connectivity index (χ2n) is 3.47. The molecule has 0 unspecified atom stereocenters. The third-order valence-electron chi connectivity index (χ3n) is 2.23. The van der Waals surface area contributed by atoms with Crippen molar-refractivity contribution < 1.29 is 4.92 Å². The highest BCUT2D eigenvalue weighted by Gasteiger charge is 2.07. The summed E-state index contributed by atoms with van der Waals surface area (Å²) in [4.78, 5) is 15.5. The number of aromatic nitrogens is 1. The third kappa shape index (κ3) is 2.66. The lowest BCUT2D eigenvalue weighted by molar-refractivity contribution is -0.384. The molecule has 88 valence electrons. The SMILES string of the molecule is CNCc1cnc(-c2ccc([N+](=O)[O-])cc2)s1. The van der Waals surface area contributed by atoms with E-state index in [-0.39, 0.29) is 5.69 Å². The van der Waals surface area contributed by atoms with Crippen LogP contribution in [0.25, 0.3) is 10.6 Å². The van der Waals surface area contributed by atoms with Gasteiger partial charge in [-0.25, -0.2) is 4.98 Å². The fourth-order valence-electron chi connectivity index (χ4n) is 1.42. The Hall–Kier alpha value is -1.79. The Bertz CT molecular complexity index is 522. The van der Waals surface area contributed by atoms with Crippen LogP contribution in [0.4, 0.5) is 5.69 Å². The van der Waals surface area contributed by atoms with Crippen LogP contribution < -0.4 is 5.32 Å². The summed E-state index contributed by atoms with van der Waals surface area (Å²) in [5.41, 5.74) is 1.00. The minimum Gasteiger partial charge on any atom is -0.315 e. The number of nitro benzene ring substituents is 1. The average Bonchev–Trinajstić information content (AvgIpc) is 2.78. The van der Waals surface area contributed by atoms with Crippen molar-refractivity contribution >= 4 is 17.0 Å². The summed E-state index contributed by atoms with van der Waals surface area (Å²) in [6.45, 7) is 0.782. The van der Waals surface area contributed by atoms with Crippen LogP contribution in [0.2, 0.25) is 0 Å². The van der Waals surface area contributed by atoms with E-state index in [2.05, 4.69) is 10.3 Å². The Labute approximate surface area is 102 Å². The van der Waals surface area contributed by atoms with Crippen LogP contribution >= 0.6 is 11.3 Å². The maximum atomic E-state index is 10.5. The molecular formula is C11H11N3O2S. The summed E-state index contributed by atoms with van der Waals surface area (Å²) in [7, 11) is 1.88. The van der Waals surface area contributed by atoms with Crippen molar-refractivity contribution in [2.45, 2.75) is 6.54 Å². The number of non-ortho nitro benzene ring substituents is 1. The summed E-state index contributed by atoms with van der Waals surface area (Å²) in [6, 6.07) is 6.43. The second-order valence-corrected chi connectivity index (χ2v) is 4.58. The van der Waals surface area contributed by atoms with Crippen molar-refractivity contribution in [3.05, 3.63) is 45.5 Å². The van der Waals surface area contributed by atoms with Crippen molar-refractivity contribution in [1.29, 1.82) is 0 Å². The summed E-state index contributed by atoms with van der Waals surface area (Å²) >= 11 is 1.58. The number of nitrogens with one attached hydrogen (secondary N) is 1. The normalized spacial score (nSPS) is 10.4. The number of hydrogen-bond acceptors (Lipinski definition) is 5. The van der Waals surface area contributed by atoms with E-state index in [1.807, 2.05) is 13.2 Å². The van der Waals surface area contributed by atoms with Crippen LogP contribution in [-0.2, 0) is 6.54 Å². The molecule has 0 spiro atoms. The number of rotatable bonds is 4. The first-order chi connectivity index (χ1) is 8.20. The monoisotopic (exact) mass is 249 g/mol. The molecule has 0 atom stereocenters. The highest BCUT2D eigenvalue weighted by atomic mass is 32.1. The summed E-state index contributed by atoms with van der Waals surface area (Å²) in [5.74, 6) is 0. The highest BCUT2D eigenvalue weighted by molar-refractivity contribution is 7.15. The first-order valence-corrected chi connectivity index (χ1v) is 5.86. The van der Waals surface area contributed by atoms with Gasteiger partial charge < -0.3 is 5.32 Å². The van der Waals surface area contributed by atoms with Gasteiger partial charge in [0.1, 0.15) is 5.01 Å². The minimum absolute atomic E-state index is 0.0979. The van der Waals surface area contributed by atoms with Gasteiger partial charge in [-0.3, -0.25) is 10.1 Å². The van der Waals surface area contributed by atoms with E-state index in [1.54, 1.807) is 23.5 Å². The van der Waals surface area contributed by atoms with Crippen LogP contribution in [0.3, 0.4) is 0 Å². The molecule has 0 fully saturated rings. The fraction of sp³-hybridized carbons (Fsp3) is 0.182. The summed E-state index contributed by atoms with van der Waals surface area (Å²) in [5, 5.41) is 14.5. The Morgan fingerprint density at radius 1 is 1.41 bits per heavy atom. The standard InChI is InChI=1S/C11H11N3O2S/c1-12-6-10-7-13-11(17-10)8-2-4-9(5-3-8)14(15)16/h2-5,7,12H,6H2,1H3. The Morgan fingerprint density at radius 3 is 2.71 bits per heavy atom. The molecule has 1 N–H and O–H groups in total. The molecule has 2 aromatic rings. The van der Waals surface area contributed by atoms with Crippen molar-refractivity contribution in [3.8, 4) is 10.6 Å². The molecule has 0 aliphatic carbocycles. The molecule has 6 heteroatoms. The molecule has 0 aliphatic rings. The zero-order valence-corrected chi connectivity index (χ0v) is 10.0. The van der Waals surface area contributed by atoms with E-state index in [0.29, 0.717) is 0 Å². The van der Waals surface area contributed by atoms with E-state index in [0.717, 1.165) is 22.0 Å². The van der Waals surface area contributed by atoms with Gasteiger partial charge in [0.2, 0.25) is 0 Å². The van der Waals surface area contributed by atoms with E-state index in [4.69, 9.17) is 0 Å². The lowest BCUT2D eigenvalue weighted by atomic mass is 10.2. The van der Waals surface area contributed by atoms with Crippen LogP contribution in [-0.4, -0.2) is 17.0 Å². The van der Waals surface area contributed by atoms with Crippen LogP contribution in [0, 0.1) is 10.1 Å². The lowest BCUT2D eigenvalue weighted by Gasteiger charge is -1.95. The summed E-state index contributed by atoms with van der Waals surface area (Å²) < 4.78 is 0. The zero-order chi connectivity index (χ0) is 12.3. The van der Waals surface area contributed by atoms with Gasteiger partial charge in [0.05, 0.1) is 4.92 Å². The van der Waals surface area contributed by atoms with Gasteiger partial charge in [-0.15, -0.1) is 11.3 Å². The van der Waals surface area contributed by atoms with Gasteiger partial charge >= 0.3 is 0 Å².